The first-order valence-electron chi connectivity index (χ1n) is 4.14. The number of halogens is 4. The Morgan fingerprint density at radius 3 is 2.50 bits per heavy atom. The minimum atomic E-state index is 0.321. The van der Waals surface area contributed by atoms with Crippen molar-refractivity contribution in [2.45, 2.75) is 16.3 Å². The second kappa shape index (κ2) is 6.66. The molecule has 80 valence electrons. The van der Waals surface area contributed by atoms with Crippen molar-refractivity contribution < 1.29 is 4.57 Å². The largest absolute Gasteiger partial charge is 0.244 e. The fourth-order valence-electron chi connectivity index (χ4n) is 1.04. The van der Waals surface area contributed by atoms with Crippen molar-refractivity contribution in [2.75, 3.05) is 10.7 Å². The summed E-state index contributed by atoms with van der Waals surface area (Å²) in [5.41, 5.74) is 0. The highest BCUT2D eigenvalue weighted by Crippen LogP contribution is 2.16. The number of hydrogen-bond acceptors (Lipinski definition) is 0. The summed E-state index contributed by atoms with van der Waals surface area (Å²) in [6.07, 6.45) is 6.24. The third-order valence-corrected chi connectivity index (χ3v) is 6.28. The zero-order valence-corrected chi connectivity index (χ0v) is 13.8. The summed E-state index contributed by atoms with van der Waals surface area (Å²) in [6, 6.07) is 0. The van der Waals surface area contributed by atoms with Crippen LogP contribution in [-0.2, 0) is 6.54 Å². The van der Waals surface area contributed by atoms with Crippen molar-refractivity contribution in [1.82, 2.24) is 4.57 Å². The van der Waals surface area contributed by atoms with Gasteiger partial charge in [-0.15, -0.1) is 0 Å². The highest BCUT2D eigenvalue weighted by molar-refractivity contribution is 9.12. The van der Waals surface area contributed by atoms with Gasteiger partial charge in [0.2, 0.25) is 6.33 Å². The number of imidazole rings is 1. The van der Waals surface area contributed by atoms with Gasteiger partial charge in [-0.3, -0.25) is 0 Å². The van der Waals surface area contributed by atoms with E-state index in [2.05, 4.69) is 91.6 Å². The van der Waals surface area contributed by atoms with E-state index in [0.717, 1.165) is 17.2 Å². The van der Waals surface area contributed by atoms with E-state index in [1.165, 1.54) is 0 Å². The second-order valence-corrected chi connectivity index (χ2v) is 6.54. The van der Waals surface area contributed by atoms with Gasteiger partial charge in [0.1, 0.15) is 18.9 Å². The molecule has 0 saturated carbocycles. The van der Waals surface area contributed by atoms with Gasteiger partial charge in [0.15, 0.2) is 4.95 Å². The third-order valence-electron chi connectivity index (χ3n) is 1.74. The summed E-state index contributed by atoms with van der Waals surface area (Å²) in [6.45, 7) is 0.972. The van der Waals surface area contributed by atoms with E-state index in [1.807, 2.05) is 0 Å². The zero-order chi connectivity index (χ0) is 10.6. The second-order valence-electron chi connectivity index (χ2n) is 2.90. The number of aromatic nitrogens is 2. The SMILES string of the molecule is BrCC(Br)C[n+]1ccn(C(Br)CBr)c1. The Kier molecular flexibility index (Phi) is 6.27. The molecule has 0 saturated heterocycles. The molecule has 1 aromatic rings. The van der Waals surface area contributed by atoms with Crippen LogP contribution in [0.4, 0.5) is 0 Å². The summed E-state index contributed by atoms with van der Waals surface area (Å²) in [5.74, 6) is 0. The molecular formula is C8H11Br4N2+. The smallest absolute Gasteiger partial charge is 0.236 e. The molecule has 6 heteroatoms. The molecule has 0 aliphatic heterocycles. The Morgan fingerprint density at radius 2 is 1.93 bits per heavy atom. The Labute approximate surface area is 118 Å². The van der Waals surface area contributed by atoms with Crippen LogP contribution in [0.15, 0.2) is 18.7 Å². The molecule has 0 bridgehead atoms. The van der Waals surface area contributed by atoms with Crippen molar-refractivity contribution in [3.05, 3.63) is 18.7 Å². The van der Waals surface area contributed by atoms with Crippen molar-refractivity contribution in [3.63, 3.8) is 0 Å². The molecular weight excluding hydrogens is 444 g/mol. The summed E-state index contributed by atoms with van der Waals surface area (Å²) in [7, 11) is 0. The van der Waals surface area contributed by atoms with E-state index in [0.29, 0.717) is 9.78 Å². The average molecular weight is 455 g/mol. The fourth-order valence-corrected chi connectivity index (χ4v) is 2.16. The van der Waals surface area contributed by atoms with Crippen molar-refractivity contribution >= 4 is 63.7 Å². The number of rotatable bonds is 5. The van der Waals surface area contributed by atoms with E-state index >= 15 is 0 Å². The highest BCUT2D eigenvalue weighted by atomic mass is 79.9. The molecule has 0 aliphatic carbocycles. The van der Waals surface area contributed by atoms with Crippen LogP contribution in [0.3, 0.4) is 0 Å². The lowest BCUT2D eigenvalue weighted by Gasteiger charge is -2.02. The number of nitrogens with zero attached hydrogens (tertiary/aromatic N) is 2. The van der Waals surface area contributed by atoms with Gasteiger partial charge in [-0.25, -0.2) is 9.13 Å². The molecule has 14 heavy (non-hydrogen) atoms. The topological polar surface area (TPSA) is 8.81 Å². The van der Waals surface area contributed by atoms with Crippen LogP contribution in [0.25, 0.3) is 0 Å². The molecule has 1 aromatic heterocycles. The van der Waals surface area contributed by atoms with Gasteiger partial charge in [0, 0.05) is 5.33 Å². The van der Waals surface area contributed by atoms with E-state index in [1.54, 1.807) is 0 Å². The van der Waals surface area contributed by atoms with Gasteiger partial charge >= 0.3 is 0 Å². The predicted molar refractivity (Wildman–Crippen MR) is 72.9 cm³/mol. The van der Waals surface area contributed by atoms with Crippen molar-refractivity contribution in [2.24, 2.45) is 0 Å². The summed E-state index contributed by atoms with van der Waals surface area (Å²) in [5, 5.41) is 1.86. The molecule has 2 unspecified atom stereocenters. The molecule has 0 radical (unpaired) electrons. The van der Waals surface area contributed by atoms with Gasteiger partial charge < -0.3 is 0 Å². The molecule has 2 nitrogen and oxygen atoms in total. The Morgan fingerprint density at radius 1 is 1.21 bits per heavy atom. The highest BCUT2D eigenvalue weighted by Gasteiger charge is 2.13. The first-order valence-corrected chi connectivity index (χ1v) is 8.21. The average Bonchev–Trinajstić information content (AvgIpc) is 2.65. The van der Waals surface area contributed by atoms with Gasteiger partial charge in [-0.2, -0.15) is 0 Å². The van der Waals surface area contributed by atoms with Gasteiger partial charge in [-0.05, 0) is 15.9 Å². The van der Waals surface area contributed by atoms with Crippen LogP contribution in [0.2, 0.25) is 0 Å². The molecule has 0 spiro atoms. The molecule has 0 aliphatic rings. The van der Waals surface area contributed by atoms with E-state index < -0.39 is 0 Å². The Bertz CT molecular complexity index is 276. The minimum Gasteiger partial charge on any atom is -0.236 e. The quantitative estimate of drug-likeness (QED) is 0.477. The molecule has 1 heterocycles. The lowest BCUT2D eigenvalue weighted by Crippen LogP contribution is -2.36. The Hall–Kier alpha value is 1.13. The van der Waals surface area contributed by atoms with Crippen LogP contribution in [0.1, 0.15) is 4.95 Å². The van der Waals surface area contributed by atoms with E-state index in [4.69, 9.17) is 0 Å². The zero-order valence-electron chi connectivity index (χ0n) is 7.41. The van der Waals surface area contributed by atoms with E-state index in [9.17, 15) is 0 Å². The standard InChI is InChI=1S/C8H11Br4N2/c9-3-7(11)5-13-1-2-14(6-13)8(12)4-10/h1-2,6-8H,3-5H2/q+1. The van der Waals surface area contributed by atoms with Crippen LogP contribution >= 0.6 is 63.7 Å². The molecule has 0 aromatic carbocycles. The van der Waals surface area contributed by atoms with Crippen molar-refractivity contribution in [3.8, 4) is 0 Å². The lowest BCUT2D eigenvalue weighted by atomic mass is 10.5. The summed E-state index contributed by atoms with van der Waals surface area (Å²) >= 11 is 14.0. The van der Waals surface area contributed by atoms with Gasteiger partial charge in [0.05, 0.1) is 10.2 Å². The molecule has 0 amide bonds. The molecule has 2 atom stereocenters. The van der Waals surface area contributed by atoms with Crippen molar-refractivity contribution in [1.29, 1.82) is 0 Å². The molecule has 1 rings (SSSR count). The fraction of sp³-hybridized carbons (Fsp3) is 0.625. The van der Waals surface area contributed by atoms with Crippen LogP contribution in [-0.4, -0.2) is 20.1 Å². The van der Waals surface area contributed by atoms with Crippen LogP contribution < -0.4 is 4.57 Å². The maximum atomic E-state index is 3.58. The number of hydrogen-bond donors (Lipinski definition) is 0. The lowest BCUT2D eigenvalue weighted by molar-refractivity contribution is -0.694. The van der Waals surface area contributed by atoms with Crippen LogP contribution in [0, 0.1) is 0 Å². The van der Waals surface area contributed by atoms with Crippen LogP contribution in [0.5, 0.6) is 0 Å². The maximum absolute atomic E-state index is 3.58. The van der Waals surface area contributed by atoms with E-state index in [-0.39, 0.29) is 0 Å². The molecule has 0 fully saturated rings. The number of alkyl halides is 4. The summed E-state index contributed by atoms with van der Waals surface area (Å²) in [4.78, 5) is 0.794. The predicted octanol–water partition coefficient (Wildman–Crippen LogP) is 3.22. The first kappa shape index (κ1) is 13.2. The molecule has 0 N–H and O–H groups in total. The third kappa shape index (κ3) is 3.94. The van der Waals surface area contributed by atoms with Gasteiger partial charge in [-0.1, -0.05) is 47.8 Å². The maximum Gasteiger partial charge on any atom is 0.244 e. The summed E-state index contributed by atoms with van der Waals surface area (Å²) < 4.78 is 4.29. The normalized spacial score (nSPS) is 15.4. The first-order chi connectivity index (χ1) is 6.67. The minimum absolute atomic E-state index is 0.321. The Balaban J connectivity index is 2.59. The van der Waals surface area contributed by atoms with Gasteiger partial charge in [0.25, 0.3) is 0 Å². The monoisotopic (exact) mass is 451 g/mol.